The largest absolute Gasteiger partial charge is 0.493 e. The van der Waals surface area contributed by atoms with Crippen molar-refractivity contribution in [3.05, 3.63) is 29.7 Å². The number of ether oxygens (including phenoxy) is 1. The van der Waals surface area contributed by atoms with E-state index < -0.39 is 0 Å². The third kappa shape index (κ3) is 2.03. The molecule has 1 N–H and O–H groups in total. The van der Waals surface area contributed by atoms with E-state index in [9.17, 15) is 4.79 Å². The minimum absolute atomic E-state index is 0.0908. The van der Waals surface area contributed by atoms with Crippen LogP contribution >= 0.6 is 0 Å². The van der Waals surface area contributed by atoms with Crippen LogP contribution in [0.3, 0.4) is 0 Å². The predicted octanol–water partition coefficient (Wildman–Crippen LogP) is 1.79. The van der Waals surface area contributed by atoms with Gasteiger partial charge in [0.25, 0.3) is 5.91 Å². The Hall–Kier alpha value is -2.04. The van der Waals surface area contributed by atoms with Crippen molar-refractivity contribution in [1.82, 2.24) is 14.7 Å². The van der Waals surface area contributed by atoms with Crippen LogP contribution in [0.5, 0.6) is 5.75 Å². The first kappa shape index (κ1) is 12.4. The molecular weight excluding hydrogens is 230 g/mol. The van der Waals surface area contributed by atoms with Crippen LogP contribution in [0, 0.1) is 6.92 Å². The molecule has 1 amide bonds. The number of carbonyl (C=O) groups is 1. The van der Waals surface area contributed by atoms with Gasteiger partial charge in [0.05, 0.1) is 12.8 Å². The van der Waals surface area contributed by atoms with E-state index in [-0.39, 0.29) is 11.9 Å². The van der Waals surface area contributed by atoms with Crippen molar-refractivity contribution in [2.45, 2.75) is 26.8 Å². The number of nitrogens with one attached hydrogen (secondary N) is 1. The van der Waals surface area contributed by atoms with Crippen molar-refractivity contribution in [1.29, 1.82) is 0 Å². The van der Waals surface area contributed by atoms with Gasteiger partial charge in [-0.3, -0.25) is 9.20 Å². The number of hydrogen-bond acceptors (Lipinski definition) is 3. The summed E-state index contributed by atoms with van der Waals surface area (Å²) in [6, 6.07) is 3.75. The smallest absolute Gasteiger partial charge is 0.270 e. The first-order chi connectivity index (χ1) is 8.54. The van der Waals surface area contributed by atoms with Gasteiger partial charge in [-0.2, -0.15) is 0 Å². The number of fused-ring (bicyclic) bond motifs is 1. The maximum Gasteiger partial charge on any atom is 0.270 e. The third-order valence-electron chi connectivity index (χ3n) is 2.64. The molecule has 0 aliphatic rings. The molecule has 2 aromatic heterocycles. The number of rotatable bonds is 3. The fraction of sp³-hybridized carbons (Fsp3) is 0.385. The van der Waals surface area contributed by atoms with Crippen LogP contribution in [0.1, 0.15) is 30.0 Å². The van der Waals surface area contributed by atoms with Crippen LogP contribution in [-0.2, 0) is 0 Å². The summed E-state index contributed by atoms with van der Waals surface area (Å²) in [7, 11) is 1.59. The van der Waals surface area contributed by atoms with E-state index >= 15 is 0 Å². The average Bonchev–Trinajstić information content (AvgIpc) is 2.63. The van der Waals surface area contributed by atoms with E-state index in [2.05, 4.69) is 10.3 Å². The fourth-order valence-corrected chi connectivity index (χ4v) is 1.92. The molecule has 2 aromatic rings. The molecule has 0 fully saturated rings. The molecular formula is C13H17N3O2. The second-order valence-corrected chi connectivity index (χ2v) is 4.44. The van der Waals surface area contributed by atoms with E-state index in [1.807, 2.05) is 39.1 Å². The number of carbonyl (C=O) groups excluding carboxylic acids is 1. The lowest BCUT2D eigenvalue weighted by Gasteiger charge is -2.09. The predicted molar refractivity (Wildman–Crippen MR) is 69.1 cm³/mol. The first-order valence-electron chi connectivity index (χ1n) is 5.87. The van der Waals surface area contributed by atoms with Gasteiger partial charge < -0.3 is 10.1 Å². The zero-order valence-electron chi connectivity index (χ0n) is 11.0. The highest BCUT2D eigenvalue weighted by atomic mass is 16.5. The lowest BCUT2D eigenvalue weighted by Crippen LogP contribution is -2.31. The van der Waals surface area contributed by atoms with Crippen LogP contribution in [-0.4, -0.2) is 28.4 Å². The van der Waals surface area contributed by atoms with Gasteiger partial charge in [0.1, 0.15) is 5.69 Å². The molecule has 0 bridgehead atoms. The van der Waals surface area contributed by atoms with Gasteiger partial charge in [-0.15, -0.1) is 0 Å². The Morgan fingerprint density at radius 2 is 2.22 bits per heavy atom. The van der Waals surface area contributed by atoms with Crippen LogP contribution in [0.15, 0.2) is 18.3 Å². The van der Waals surface area contributed by atoms with Gasteiger partial charge in [-0.25, -0.2) is 4.98 Å². The molecule has 0 radical (unpaired) electrons. The lowest BCUT2D eigenvalue weighted by molar-refractivity contribution is 0.0936. The number of amides is 1. The summed E-state index contributed by atoms with van der Waals surface area (Å²) in [6.45, 7) is 5.68. The highest BCUT2D eigenvalue weighted by Gasteiger charge is 2.18. The number of imidazole rings is 1. The van der Waals surface area contributed by atoms with Crippen LogP contribution in [0.25, 0.3) is 5.65 Å². The molecule has 0 aliphatic carbocycles. The zero-order valence-corrected chi connectivity index (χ0v) is 11.0. The number of hydrogen-bond donors (Lipinski definition) is 1. The summed E-state index contributed by atoms with van der Waals surface area (Å²) in [4.78, 5) is 16.5. The van der Waals surface area contributed by atoms with Crippen molar-refractivity contribution in [2.24, 2.45) is 0 Å². The van der Waals surface area contributed by atoms with E-state index in [4.69, 9.17) is 4.74 Å². The lowest BCUT2D eigenvalue weighted by atomic mass is 10.3. The topological polar surface area (TPSA) is 55.6 Å². The summed E-state index contributed by atoms with van der Waals surface area (Å²) in [6.07, 6.45) is 1.81. The van der Waals surface area contributed by atoms with E-state index in [1.54, 1.807) is 11.5 Å². The molecule has 0 atom stereocenters. The quantitative estimate of drug-likeness (QED) is 0.899. The highest BCUT2D eigenvalue weighted by Crippen LogP contribution is 2.21. The van der Waals surface area contributed by atoms with Crippen LogP contribution in [0.4, 0.5) is 0 Å². The summed E-state index contributed by atoms with van der Waals surface area (Å²) in [5.74, 6) is 0.535. The average molecular weight is 247 g/mol. The molecule has 0 spiro atoms. The number of aryl methyl sites for hydroxylation is 1. The number of pyridine rings is 1. The van der Waals surface area contributed by atoms with Gasteiger partial charge >= 0.3 is 0 Å². The Morgan fingerprint density at radius 3 is 2.83 bits per heavy atom. The summed E-state index contributed by atoms with van der Waals surface area (Å²) in [5.41, 5.74) is 1.90. The van der Waals surface area contributed by atoms with Gasteiger partial charge in [0.2, 0.25) is 0 Å². The van der Waals surface area contributed by atoms with Gasteiger partial charge in [0.15, 0.2) is 11.4 Å². The Labute approximate surface area is 106 Å². The minimum Gasteiger partial charge on any atom is -0.493 e. The first-order valence-corrected chi connectivity index (χ1v) is 5.87. The maximum atomic E-state index is 12.1. The SMILES string of the molecule is COc1cccn2c(C(=O)NC(C)C)c(C)nc12. The minimum atomic E-state index is -0.122. The monoisotopic (exact) mass is 247 g/mol. The third-order valence-corrected chi connectivity index (χ3v) is 2.64. The second-order valence-electron chi connectivity index (χ2n) is 4.44. The van der Waals surface area contributed by atoms with Crippen LogP contribution in [0.2, 0.25) is 0 Å². The Morgan fingerprint density at radius 1 is 1.50 bits per heavy atom. The summed E-state index contributed by atoms with van der Waals surface area (Å²) >= 11 is 0. The zero-order chi connectivity index (χ0) is 13.3. The molecule has 96 valence electrons. The Bertz CT molecular complexity index is 587. The van der Waals surface area contributed by atoms with Gasteiger partial charge in [-0.1, -0.05) is 0 Å². The van der Waals surface area contributed by atoms with Crippen molar-refractivity contribution >= 4 is 11.6 Å². The maximum absolute atomic E-state index is 12.1. The van der Waals surface area contributed by atoms with Crippen molar-refractivity contribution in [3.63, 3.8) is 0 Å². The molecule has 5 heteroatoms. The Balaban J connectivity index is 2.57. The standard InChI is InChI=1S/C13H17N3O2/c1-8(2)14-13(17)11-9(3)15-12-10(18-4)6-5-7-16(11)12/h5-8H,1-4H3,(H,14,17). The number of methoxy groups -OCH3 is 1. The van der Waals surface area contributed by atoms with Gasteiger partial charge in [-0.05, 0) is 32.9 Å². The summed E-state index contributed by atoms with van der Waals surface area (Å²) < 4.78 is 7.00. The van der Waals surface area contributed by atoms with E-state index in [0.29, 0.717) is 22.8 Å². The number of aromatic nitrogens is 2. The summed E-state index contributed by atoms with van der Waals surface area (Å²) in [5, 5.41) is 2.88. The van der Waals surface area contributed by atoms with Crippen molar-refractivity contribution in [2.75, 3.05) is 7.11 Å². The second kappa shape index (κ2) is 4.68. The fourth-order valence-electron chi connectivity index (χ4n) is 1.92. The molecule has 0 aromatic carbocycles. The molecule has 5 nitrogen and oxygen atoms in total. The van der Waals surface area contributed by atoms with Crippen LogP contribution < -0.4 is 10.1 Å². The Kier molecular flexibility index (Phi) is 3.23. The van der Waals surface area contributed by atoms with E-state index in [0.717, 1.165) is 0 Å². The molecule has 0 unspecified atom stereocenters. The van der Waals surface area contributed by atoms with Gasteiger partial charge in [0, 0.05) is 12.2 Å². The molecule has 2 rings (SSSR count). The van der Waals surface area contributed by atoms with Crippen molar-refractivity contribution in [3.8, 4) is 5.75 Å². The number of nitrogens with zero attached hydrogens (tertiary/aromatic N) is 2. The van der Waals surface area contributed by atoms with Crippen molar-refractivity contribution < 1.29 is 9.53 Å². The normalized spacial score (nSPS) is 10.9. The highest BCUT2D eigenvalue weighted by molar-refractivity contribution is 5.95. The molecule has 0 aliphatic heterocycles. The van der Waals surface area contributed by atoms with E-state index in [1.165, 1.54) is 0 Å². The molecule has 18 heavy (non-hydrogen) atoms. The molecule has 0 saturated carbocycles. The molecule has 2 heterocycles. The molecule has 0 saturated heterocycles.